The van der Waals surface area contributed by atoms with Crippen LogP contribution >= 0.6 is 0 Å². The number of benzene rings is 1. The second kappa shape index (κ2) is 5.78. The van der Waals surface area contributed by atoms with E-state index >= 15 is 0 Å². The molecule has 0 amide bonds. The van der Waals surface area contributed by atoms with Gasteiger partial charge in [-0.05, 0) is 26.6 Å². The lowest BCUT2D eigenvalue weighted by Gasteiger charge is -2.19. The number of hydrogen-bond acceptors (Lipinski definition) is 2. The molecule has 0 fully saturated rings. The van der Waals surface area contributed by atoms with Gasteiger partial charge in [0.2, 0.25) is 0 Å². The highest BCUT2D eigenvalue weighted by molar-refractivity contribution is 5.14. The lowest BCUT2D eigenvalue weighted by atomic mass is 10.2. The van der Waals surface area contributed by atoms with Gasteiger partial charge in [0, 0.05) is 23.7 Å². The molecule has 0 unspecified atom stereocenters. The molecule has 1 rings (SSSR count). The molecule has 0 N–H and O–H groups in total. The lowest BCUT2D eigenvalue weighted by molar-refractivity contribution is 0.276. The summed E-state index contributed by atoms with van der Waals surface area (Å²) < 4.78 is 22.6. The van der Waals surface area contributed by atoms with Crippen LogP contribution in [0, 0.1) is 0 Å². The molecule has 1 aromatic carbocycles. The highest BCUT2D eigenvalue weighted by atomic mass is 15.1. The van der Waals surface area contributed by atoms with Crippen molar-refractivity contribution < 1.29 is 4.11 Å². The minimum absolute atomic E-state index is 0.463. The van der Waals surface area contributed by atoms with E-state index in [4.69, 9.17) is 4.11 Å². The summed E-state index contributed by atoms with van der Waals surface area (Å²) in [5.74, 6) is 0. The van der Waals surface area contributed by atoms with Gasteiger partial charge in [0.15, 0.2) is 0 Å². The van der Waals surface area contributed by atoms with Gasteiger partial charge in [-0.1, -0.05) is 30.3 Å². The van der Waals surface area contributed by atoms with Crippen LogP contribution in [0.25, 0.3) is 0 Å². The molecule has 14 heavy (non-hydrogen) atoms. The normalized spacial score (nSPS) is 15.3. The Kier molecular flexibility index (Phi) is 3.07. The van der Waals surface area contributed by atoms with Gasteiger partial charge in [-0.3, -0.25) is 0 Å². The summed E-state index contributed by atoms with van der Waals surface area (Å²) in [6.07, 6.45) is 0. The summed E-state index contributed by atoms with van der Waals surface area (Å²) in [5.41, 5.74) is 1.03. The number of hydrogen-bond donors (Lipinski definition) is 0. The van der Waals surface area contributed by atoms with Gasteiger partial charge in [0.1, 0.15) is 0 Å². The van der Waals surface area contributed by atoms with Crippen molar-refractivity contribution in [3.05, 3.63) is 35.9 Å². The van der Waals surface area contributed by atoms with E-state index in [1.807, 2.05) is 49.3 Å². The maximum atomic E-state index is 7.52. The SMILES string of the molecule is [2H]C([2H])([2H])N(CCN(C)C)Cc1ccccc1. The van der Waals surface area contributed by atoms with E-state index in [9.17, 15) is 0 Å². The van der Waals surface area contributed by atoms with Gasteiger partial charge in [0.05, 0.1) is 0 Å². The zero-order chi connectivity index (χ0) is 12.9. The third-order valence-electron chi connectivity index (χ3n) is 2.03. The third-order valence-corrected chi connectivity index (χ3v) is 2.03. The zero-order valence-electron chi connectivity index (χ0n) is 11.9. The average Bonchev–Trinajstić information content (AvgIpc) is 2.23. The van der Waals surface area contributed by atoms with Crippen LogP contribution in [0.1, 0.15) is 9.68 Å². The maximum absolute atomic E-state index is 7.52. The molecule has 0 radical (unpaired) electrons. The van der Waals surface area contributed by atoms with Crippen LogP contribution in [0.4, 0.5) is 0 Å². The van der Waals surface area contributed by atoms with E-state index in [0.29, 0.717) is 13.1 Å². The van der Waals surface area contributed by atoms with Gasteiger partial charge < -0.3 is 9.80 Å². The van der Waals surface area contributed by atoms with E-state index < -0.39 is 6.98 Å². The van der Waals surface area contributed by atoms with Crippen molar-refractivity contribution in [1.29, 1.82) is 0 Å². The Labute approximate surface area is 91.4 Å². The summed E-state index contributed by atoms with van der Waals surface area (Å²) in [4.78, 5) is 3.52. The van der Waals surface area contributed by atoms with Crippen molar-refractivity contribution >= 4 is 0 Å². The summed E-state index contributed by atoms with van der Waals surface area (Å²) in [6.45, 7) is -0.291. The van der Waals surface area contributed by atoms with Crippen LogP contribution in [0.5, 0.6) is 0 Å². The number of likely N-dealkylation sites (N-methyl/N-ethyl adjacent to an activating group) is 2. The Hall–Kier alpha value is -0.860. The van der Waals surface area contributed by atoms with E-state index in [0.717, 1.165) is 12.1 Å². The van der Waals surface area contributed by atoms with Crippen molar-refractivity contribution in [1.82, 2.24) is 9.80 Å². The average molecular weight is 195 g/mol. The highest BCUT2D eigenvalue weighted by Crippen LogP contribution is 2.01. The molecular formula is C12H20N2. The van der Waals surface area contributed by atoms with Crippen molar-refractivity contribution in [2.75, 3.05) is 34.2 Å². The van der Waals surface area contributed by atoms with Crippen LogP contribution in [-0.4, -0.2) is 44.0 Å². The number of rotatable bonds is 5. The van der Waals surface area contributed by atoms with Crippen LogP contribution < -0.4 is 0 Å². The number of nitrogens with zero attached hydrogens (tertiary/aromatic N) is 2. The molecule has 0 bridgehead atoms. The molecule has 0 heterocycles. The molecule has 0 saturated heterocycles. The molecular weight excluding hydrogens is 172 g/mol. The van der Waals surface area contributed by atoms with E-state index in [-0.39, 0.29) is 0 Å². The van der Waals surface area contributed by atoms with Crippen LogP contribution in [-0.2, 0) is 6.54 Å². The van der Waals surface area contributed by atoms with Crippen LogP contribution in [0.15, 0.2) is 30.3 Å². The molecule has 0 atom stereocenters. The largest absolute Gasteiger partial charge is 0.308 e. The van der Waals surface area contributed by atoms with E-state index in [1.165, 1.54) is 4.90 Å². The summed E-state index contributed by atoms with van der Waals surface area (Å²) in [5, 5.41) is 0. The first-order valence-corrected chi connectivity index (χ1v) is 4.83. The van der Waals surface area contributed by atoms with Crippen LogP contribution in [0.3, 0.4) is 0 Å². The summed E-state index contributed by atoms with van der Waals surface area (Å²) in [7, 11) is 3.89. The second-order valence-electron chi connectivity index (χ2n) is 3.71. The Balaban J connectivity index is 2.64. The fourth-order valence-electron chi connectivity index (χ4n) is 1.20. The molecule has 0 aliphatic heterocycles. The predicted octanol–water partition coefficient (Wildman–Crippen LogP) is 1.68. The fraction of sp³-hybridized carbons (Fsp3) is 0.500. The molecule has 2 nitrogen and oxygen atoms in total. The van der Waals surface area contributed by atoms with Gasteiger partial charge in [-0.15, -0.1) is 0 Å². The quantitative estimate of drug-likeness (QED) is 0.705. The Morgan fingerprint density at radius 3 is 2.43 bits per heavy atom. The monoisotopic (exact) mass is 195 g/mol. The van der Waals surface area contributed by atoms with Crippen LogP contribution in [0.2, 0.25) is 0 Å². The Morgan fingerprint density at radius 1 is 1.14 bits per heavy atom. The van der Waals surface area contributed by atoms with E-state index in [1.54, 1.807) is 0 Å². The highest BCUT2D eigenvalue weighted by Gasteiger charge is 1.99. The van der Waals surface area contributed by atoms with Gasteiger partial charge in [-0.2, -0.15) is 0 Å². The molecule has 0 aliphatic carbocycles. The van der Waals surface area contributed by atoms with Crippen molar-refractivity contribution in [2.45, 2.75) is 6.54 Å². The van der Waals surface area contributed by atoms with Gasteiger partial charge in [0.25, 0.3) is 0 Å². The first kappa shape index (κ1) is 7.43. The summed E-state index contributed by atoms with van der Waals surface area (Å²) >= 11 is 0. The molecule has 0 aromatic heterocycles. The zero-order valence-corrected chi connectivity index (χ0v) is 8.90. The first-order chi connectivity index (χ1) is 7.89. The van der Waals surface area contributed by atoms with Crippen molar-refractivity contribution in [3.8, 4) is 0 Å². The third kappa shape index (κ3) is 4.40. The molecule has 78 valence electrons. The molecule has 0 saturated carbocycles. The Bertz CT molecular complexity index is 322. The van der Waals surface area contributed by atoms with Crippen molar-refractivity contribution in [3.63, 3.8) is 0 Å². The summed E-state index contributed by atoms with van der Waals surface area (Å²) in [6, 6.07) is 9.70. The van der Waals surface area contributed by atoms with E-state index in [2.05, 4.69) is 0 Å². The predicted molar refractivity (Wildman–Crippen MR) is 61.3 cm³/mol. The maximum Gasteiger partial charge on any atom is 0.0394 e. The molecule has 1 aromatic rings. The fourth-order valence-corrected chi connectivity index (χ4v) is 1.20. The smallest absolute Gasteiger partial charge is 0.0394 e. The topological polar surface area (TPSA) is 6.48 Å². The van der Waals surface area contributed by atoms with Gasteiger partial charge in [-0.25, -0.2) is 0 Å². The molecule has 0 spiro atoms. The molecule has 2 heteroatoms. The first-order valence-electron chi connectivity index (χ1n) is 6.33. The minimum atomic E-state index is -2.04. The van der Waals surface area contributed by atoms with Gasteiger partial charge >= 0.3 is 0 Å². The standard InChI is InChI=1S/C12H20N2/c1-13(2)9-10-14(3)11-12-7-5-4-6-8-12/h4-8H,9-11H2,1-3H3/i3D3. The minimum Gasteiger partial charge on any atom is -0.308 e. The lowest BCUT2D eigenvalue weighted by Crippen LogP contribution is -2.28. The second-order valence-corrected chi connectivity index (χ2v) is 3.71. The molecule has 0 aliphatic rings. The van der Waals surface area contributed by atoms with Crippen molar-refractivity contribution in [2.24, 2.45) is 0 Å². The Morgan fingerprint density at radius 2 is 1.86 bits per heavy atom.